The molecule has 0 radical (unpaired) electrons. The van der Waals surface area contributed by atoms with Crippen molar-refractivity contribution in [2.45, 2.75) is 0 Å². The Labute approximate surface area is 342 Å². The fraction of sp³-hybridized carbons (Fsp3) is 0. The number of hydrogen-bond acceptors (Lipinski definition) is 2. The minimum atomic E-state index is -0.409. The minimum absolute atomic E-state index is 0.143. The summed E-state index contributed by atoms with van der Waals surface area (Å²) >= 11 is 1.71. The molecule has 0 atom stereocenters. The van der Waals surface area contributed by atoms with Gasteiger partial charge in [-0.3, -0.25) is 0 Å². The summed E-state index contributed by atoms with van der Waals surface area (Å²) in [4.78, 5) is 2.29. The highest BCUT2D eigenvalue weighted by atomic mass is 32.1. The molecule has 0 unspecified atom stereocenters. The van der Waals surface area contributed by atoms with E-state index in [1.807, 2.05) is 47.0 Å². The number of benzene rings is 9. The van der Waals surface area contributed by atoms with Crippen LogP contribution in [-0.2, 0) is 0 Å². The Bertz CT molecular complexity index is 3380. The van der Waals surface area contributed by atoms with Gasteiger partial charge in [0.1, 0.15) is 0 Å². The molecular formula is C54H36N2S. The van der Waals surface area contributed by atoms with Crippen molar-refractivity contribution in [1.29, 1.82) is 0 Å². The molecule has 11 rings (SSSR count). The Morgan fingerprint density at radius 2 is 0.930 bits per heavy atom. The molecule has 0 aliphatic rings. The molecule has 0 spiro atoms. The number of nitrogens with zero attached hydrogens (tertiary/aromatic N) is 2. The van der Waals surface area contributed by atoms with Gasteiger partial charge in [0.15, 0.2) is 0 Å². The molecule has 11 aromatic rings. The van der Waals surface area contributed by atoms with Crippen molar-refractivity contribution in [3.05, 3.63) is 218 Å². The molecule has 2 heterocycles. The van der Waals surface area contributed by atoms with Crippen LogP contribution in [0.25, 0.3) is 81.0 Å². The predicted octanol–water partition coefficient (Wildman–Crippen LogP) is 15.6. The number of para-hydroxylation sites is 2. The monoisotopic (exact) mass is 749 g/mol. The van der Waals surface area contributed by atoms with Gasteiger partial charge in [-0.15, -0.1) is 11.3 Å². The topological polar surface area (TPSA) is 8.17 Å². The molecule has 2 nitrogen and oxygen atoms in total. The van der Waals surface area contributed by atoms with Crippen molar-refractivity contribution in [2.75, 3.05) is 4.90 Å². The maximum Gasteiger partial charge on any atom is 0.0645 e. The zero-order valence-corrected chi connectivity index (χ0v) is 31.5. The molecule has 0 saturated heterocycles. The Morgan fingerprint density at radius 1 is 0.439 bits per heavy atom. The fourth-order valence-corrected chi connectivity index (χ4v) is 9.49. The molecule has 0 bridgehead atoms. The Hall–Kier alpha value is -7.20. The van der Waals surface area contributed by atoms with Gasteiger partial charge in [0.05, 0.1) is 17.9 Å². The van der Waals surface area contributed by atoms with E-state index in [0.29, 0.717) is 0 Å². The van der Waals surface area contributed by atoms with Crippen LogP contribution in [0.4, 0.5) is 17.1 Å². The van der Waals surface area contributed by atoms with Crippen LogP contribution in [0.3, 0.4) is 0 Å². The van der Waals surface area contributed by atoms with Gasteiger partial charge in [-0.2, -0.15) is 0 Å². The Balaban J connectivity index is 1.10. The van der Waals surface area contributed by atoms with Gasteiger partial charge in [0, 0.05) is 59.3 Å². The van der Waals surface area contributed by atoms with E-state index in [-0.39, 0.29) is 29.9 Å². The minimum Gasteiger partial charge on any atom is -0.311 e. The van der Waals surface area contributed by atoms with E-state index in [2.05, 4.69) is 150 Å². The molecular weight excluding hydrogens is 709 g/mol. The summed E-state index contributed by atoms with van der Waals surface area (Å²) in [5, 5.41) is 3.93. The third kappa shape index (κ3) is 5.71. The van der Waals surface area contributed by atoms with Crippen LogP contribution in [0.2, 0.25) is 0 Å². The number of rotatable bonds is 7. The van der Waals surface area contributed by atoms with E-state index in [4.69, 9.17) is 6.85 Å². The molecule has 57 heavy (non-hydrogen) atoms. The second-order valence-electron chi connectivity index (χ2n) is 14.2. The van der Waals surface area contributed by atoms with Crippen LogP contribution >= 0.6 is 11.3 Å². The van der Waals surface area contributed by atoms with E-state index in [1.54, 1.807) is 11.3 Å². The summed E-state index contributed by atoms with van der Waals surface area (Å²) in [6.07, 6.45) is 0. The van der Waals surface area contributed by atoms with Crippen molar-refractivity contribution in [1.82, 2.24) is 4.57 Å². The summed E-state index contributed by atoms with van der Waals surface area (Å²) in [5.41, 5.74) is 11.6. The average Bonchev–Trinajstić information content (AvgIpc) is 3.87. The molecule has 0 aliphatic carbocycles. The van der Waals surface area contributed by atoms with Gasteiger partial charge < -0.3 is 9.47 Å². The number of aromatic nitrogens is 1. The first-order valence-corrected chi connectivity index (χ1v) is 19.8. The van der Waals surface area contributed by atoms with E-state index in [0.717, 1.165) is 81.3 Å². The van der Waals surface area contributed by atoms with Gasteiger partial charge in [-0.25, -0.2) is 0 Å². The molecule has 3 heteroatoms. The second kappa shape index (κ2) is 13.8. The number of thiophene rings is 1. The highest BCUT2D eigenvalue weighted by Crippen LogP contribution is 2.48. The van der Waals surface area contributed by atoms with Crippen molar-refractivity contribution in [3.8, 4) is 39.1 Å². The van der Waals surface area contributed by atoms with Crippen LogP contribution < -0.4 is 4.90 Å². The fourth-order valence-electron chi connectivity index (χ4n) is 8.24. The lowest BCUT2D eigenvalue weighted by Crippen LogP contribution is -2.09. The number of hydrogen-bond donors (Lipinski definition) is 0. The Morgan fingerprint density at radius 3 is 1.53 bits per heavy atom. The largest absolute Gasteiger partial charge is 0.311 e. The highest BCUT2D eigenvalue weighted by Gasteiger charge is 2.22. The Kier molecular flexibility index (Phi) is 6.85. The highest BCUT2D eigenvalue weighted by molar-refractivity contribution is 7.26. The van der Waals surface area contributed by atoms with E-state index in [1.165, 1.54) is 11.1 Å². The number of fused-ring (bicyclic) bond motifs is 7. The van der Waals surface area contributed by atoms with Gasteiger partial charge >= 0.3 is 0 Å². The van der Waals surface area contributed by atoms with E-state index >= 15 is 0 Å². The van der Waals surface area contributed by atoms with Crippen LogP contribution in [0.1, 0.15) is 6.85 Å². The average molecular weight is 750 g/mol. The van der Waals surface area contributed by atoms with Gasteiger partial charge in [0.2, 0.25) is 0 Å². The normalized spacial score (nSPS) is 12.7. The lowest BCUT2D eigenvalue weighted by molar-refractivity contribution is 1.19. The zero-order valence-electron chi connectivity index (χ0n) is 35.7. The maximum atomic E-state index is 9.06. The summed E-state index contributed by atoms with van der Waals surface area (Å²) < 4.78 is 47.7. The standard InChI is InChI=1S/C54H36N2S/c1-4-14-37(15-5-1)39-24-30-43(31-25-39)55(44-32-26-40(27-33-44)38-16-6-2-7-17-38)45-34-28-41(29-35-45)48-36-49-46-20-10-12-22-50(46)56(42-18-8-3-9-19-42)53(49)52-47-21-11-13-23-51(47)57-54(48)52/h1-36H/i3D,8D,9D,18D,19D. The van der Waals surface area contributed by atoms with Crippen molar-refractivity contribution in [3.63, 3.8) is 0 Å². The van der Waals surface area contributed by atoms with Gasteiger partial charge in [0.25, 0.3) is 0 Å². The SMILES string of the molecule is [2H]c1c([2H])c([2H])c(-n2c3ccccc3c3cc(-c4ccc(N(c5ccc(-c6ccccc6)cc5)c5ccc(-c6ccccc6)cc5)cc4)c4sc5ccccc5c4c32)c([2H])c1[2H]. The van der Waals surface area contributed by atoms with Gasteiger partial charge in [-0.05, 0) is 94.5 Å². The third-order valence-electron chi connectivity index (χ3n) is 10.9. The van der Waals surface area contributed by atoms with E-state index in [9.17, 15) is 0 Å². The van der Waals surface area contributed by atoms with Crippen LogP contribution in [-0.4, -0.2) is 4.57 Å². The molecule has 268 valence electrons. The summed E-state index contributed by atoms with van der Waals surface area (Å²) in [5.74, 6) is 0. The van der Waals surface area contributed by atoms with Crippen molar-refractivity contribution in [2.24, 2.45) is 0 Å². The smallest absolute Gasteiger partial charge is 0.0645 e. The lowest BCUT2D eigenvalue weighted by atomic mass is 9.98. The van der Waals surface area contributed by atoms with E-state index < -0.39 is 6.04 Å². The van der Waals surface area contributed by atoms with Crippen LogP contribution in [0, 0.1) is 0 Å². The first-order chi connectivity index (χ1) is 30.4. The van der Waals surface area contributed by atoms with Crippen molar-refractivity contribution >= 4 is 70.4 Å². The quantitative estimate of drug-likeness (QED) is 0.158. The molecule has 0 N–H and O–H groups in total. The van der Waals surface area contributed by atoms with Crippen LogP contribution in [0.15, 0.2) is 218 Å². The summed E-state index contributed by atoms with van der Waals surface area (Å²) in [6.45, 7) is 0. The molecule has 0 saturated carbocycles. The molecule has 0 amide bonds. The molecule has 0 aliphatic heterocycles. The van der Waals surface area contributed by atoms with Crippen LogP contribution in [0.5, 0.6) is 0 Å². The zero-order chi connectivity index (χ0) is 42.1. The molecule has 2 aromatic heterocycles. The summed E-state index contributed by atoms with van der Waals surface area (Å²) in [6, 6.07) is 64.0. The second-order valence-corrected chi connectivity index (χ2v) is 15.2. The van der Waals surface area contributed by atoms with Gasteiger partial charge in [-0.1, -0.05) is 152 Å². The third-order valence-corrected chi connectivity index (χ3v) is 12.1. The lowest BCUT2D eigenvalue weighted by Gasteiger charge is -2.26. The first-order valence-electron chi connectivity index (χ1n) is 21.5. The molecule has 0 fully saturated rings. The summed E-state index contributed by atoms with van der Waals surface area (Å²) in [7, 11) is 0. The molecule has 9 aromatic carbocycles. The number of anilines is 3. The first kappa shape index (κ1) is 28.2. The predicted molar refractivity (Wildman–Crippen MR) is 245 cm³/mol. The maximum absolute atomic E-state index is 9.06. The van der Waals surface area contributed by atoms with Crippen molar-refractivity contribution < 1.29 is 6.85 Å².